The summed E-state index contributed by atoms with van der Waals surface area (Å²) in [5.74, 6) is 0. The normalized spacial score (nSPS) is 10.7. The monoisotopic (exact) mass is 191 g/mol. The van der Waals surface area contributed by atoms with Crippen LogP contribution in [0.15, 0.2) is 12.3 Å². The van der Waals surface area contributed by atoms with Crippen LogP contribution in [0.1, 0.15) is 11.1 Å². The van der Waals surface area contributed by atoms with E-state index in [1.165, 1.54) is 6.20 Å². The fourth-order valence-electron chi connectivity index (χ4n) is 1.69. The van der Waals surface area contributed by atoms with Gasteiger partial charge in [-0.25, -0.2) is 0 Å². The average Bonchev–Trinajstić information content (AvgIpc) is 2.51. The van der Waals surface area contributed by atoms with Gasteiger partial charge in [-0.1, -0.05) is 0 Å². The third kappa shape index (κ3) is 1.06. The van der Waals surface area contributed by atoms with Crippen molar-refractivity contribution in [2.75, 3.05) is 0 Å². The molecule has 0 aliphatic carbocycles. The van der Waals surface area contributed by atoms with Gasteiger partial charge in [-0.3, -0.25) is 15.2 Å². The molecule has 0 atom stereocenters. The summed E-state index contributed by atoms with van der Waals surface area (Å²) in [7, 11) is 0. The van der Waals surface area contributed by atoms with Crippen molar-refractivity contribution in [3.8, 4) is 0 Å². The number of hydrogen-bond acceptors (Lipinski definition) is 3. The highest BCUT2D eigenvalue weighted by Gasteiger charge is 2.18. The van der Waals surface area contributed by atoms with Gasteiger partial charge in [0.2, 0.25) is 0 Å². The van der Waals surface area contributed by atoms with E-state index in [0.717, 1.165) is 11.1 Å². The second kappa shape index (κ2) is 2.80. The summed E-state index contributed by atoms with van der Waals surface area (Å²) in [4.78, 5) is 10.4. The van der Waals surface area contributed by atoms with Crippen molar-refractivity contribution in [3.63, 3.8) is 0 Å². The molecular formula is C9H9N3O2. The van der Waals surface area contributed by atoms with Crippen LogP contribution in [0.2, 0.25) is 0 Å². The maximum absolute atomic E-state index is 10.8. The lowest BCUT2D eigenvalue weighted by atomic mass is 10.1. The Bertz CT molecular complexity index is 516. The summed E-state index contributed by atoms with van der Waals surface area (Å²) >= 11 is 0. The predicted molar refractivity (Wildman–Crippen MR) is 52.2 cm³/mol. The quantitative estimate of drug-likeness (QED) is 0.554. The molecule has 14 heavy (non-hydrogen) atoms. The Balaban J connectivity index is 2.93. The van der Waals surface area contributed by atoms with Gasteiger partial charge in [0, 0.05) is 5.56 Å². The molecule has 2 rings (SSSR count). The zero-order chi connectivity index (χ0) is 10.3. The van der Waals surface area contributed by atoms with E-state index >= 15 is 0 Å². The molecule has 0 aliphatic heterocycles. The standard InChI is InChI=1S/C9H9N3O2/c1-5-3-6(2)9(12(13)14)7-4-10-11-8(5)7/h3-4H,1-2H3,(H,10,11). The van der Waals surface area contributed by atoms with Gasteiger partial charge in [0.1, 0.15) is 0 Å². The maximum Gasteiger partial charge on any atom is 0.283 e. The molecule has 0 radical (unpaired) electrons. The first-order valence-corrected chi connectivity index (χ1v) is 4.19. The molecule has 5 nitrogen and oxygen atoms in total. The van der Waals surface area contributed by atoms with Crippen LogP contribution >= 0.6 is 0 Å². The van der Waals surface area contributed by atoms with Crippen molar-refractivity contribution >= 4 is 16.6 Å². The number of rotatable bonds is 1. The molecule has 1 N–H and O–H groups in total. The van der Waals surface area contributed by atoms with Gasteiger partial charge in [-0.05, 0) is 25.5 Å². The van der Waals surface area contributed by atoms with E-state index in [2.05, 4.69) is 10.2 Å². The highest BCUT2D eigenvalue weighted by atomic mass is 16.6. The molecule has 5 heteroatoms. The Hall–Kier alpha value is -1.91. The molecule has 2 aromatic rings. The van der Waals surface area contributed by atoms with E-state index in [0.29, 0.717) is 10.9 Å². The summed E-state index contributed by atoms with van der Waals surface area (Å²) in [5, 5.41) is 18.0. The van der Waals surface area contributed by atoms with E-state index < -0.39 is 0 Å². The number of H-pyrrole nitrogens is 1. The van der Waals surface area contributed by atoms with Gasteiger partial charge in [0.25, 0.3) is 5.69 Å². The molecule has 0 aliphatic rings. The van der Waals surface area contributed by atoms with Gasteiger partial charge in [0.15, 0.2) is 0 Å². The smallest absolute Gasteiger partial charge is 0.277 e. The molecule has 0 saturated heterocycles. The molecule has 1 aromatic carbocycles. The highest BCUT2D eigenvalue weighted by Crippen LogP contribution is 2.29. The number of nitro benzene ring substituents is 1. The number of aromatic nitrogens is 2. The number of fused-ring (bicyclic) bond motifs is 1. The topological polar surface area (TPSA) is 71.8 Å². The maximum atomic E-state index is 10.8. The number of aromatic amines is 1. The second-order valence-electron chi connectivity index (χ2n) is 3.27. The van der Waals surface area contributed by atoms with Gasteiger partial charge < -0.3 is 0 Å². The summed E-state index contributed by atoms with van der Waals surface area (Å²) in [5.41, 5.74) is 2.52. The minimum Gasteiger partial charge on any atom is -0.277 e. The zero-order valence-electron chi connectivity index (χ0n) is 7.87. The molecular weight excluding hydrogens is 182 g/mol. The summed E-state index contributed by atoms with van der Waals surface area (Å²) in [6, 6.07) is 1.79. The van der Waals surface area contributed by atoms with E-state index in [1.54, 1.807) is 13.0 Å². The predicted octanol–water partition coefficient (Wildman–Crippen LogP) is 2.09. The third-order valence-electron chi connectivity index (χ3n) is 2.28. The minimum atomic E-state index is -0.368. The molecule has 0 spiro atoms. The van der Waals surface area contributed by atoms with Crippen LogP contribution in [-0.4, -0.2) is 15.1 Å². The number of benzene rings is 1. The fourth-order valence-corrected chi connectivity index (χ4v) is 1.69. The molecule has 72 valence electrons. The van der Waals surface area contributed by atoms with Gasteiger partial charge >= 0.3 is 0 Å². The van der Waals surface area contributed by atoms with Crippen LogP contribution in [0.5, 0.6) is 0 Å². The van der Waals surface area contributed by atoms with Gasteiger partial charge in [-0.2, -0.15) is 5.10 Å². The Morgan fingerprint density at radius 2 is 2.14 bits per heavy atom. The van der Waals surface area contributed by atoms with Crippen LogP contribution in [0.3, 0.4) is 0 Å². The van der Waals surface area contributed by atoms with Crippen LogP contribution in [-0.2, 0) is 0 Å². The number of nitrogens with zero attached hydrogens (tertiary/aromatic N) is 2. The van der Waals surface area contributed by atoms with Crippen molar-refractivity contribution in [2.45, 2.75) is 13.8 Å². The molecule has 0 fully saturated rings. The Morgan fingerprint density at radius 3 is 2.79 bits per heavy atom. The van der Waals surface area contributed by atoms with Crippen LogP contribution in [0, 0.1) is 24.0 Å². The first-order chi connectivity index (χ1) is 6.61. The van der Waals surface area contributed by atoms with Crippen molar-refractivity contribution < 1.29 is 4.92 Å². The molecule has 0 unspecified atom stereocenters. The number of nitrogens with one attached hydrogen (secondary N) is 1. The fraction of sp³-hybridized carbons (Fsp3) is 0.222. The van der Waals surface area contributed by atoms with Crippen molar-refractivity contribution in [1.29, 1.82) is 0 Å². The second-order valence-corrected chi connectivity index (χ2v) is 3.27. The molecule has 1 aromatic heterocycles. The highest BCUT2D eigenvalue weighted by molar-refractivity contribution is 5.91. The number of aryl methyl sites for hydroxylation is 2. The SMILES string of the molecule is Cc1cc(C)c2[nH]ncc2c1[N+](=O)[O-]. The molecule has 1 heterocycles. The van der Waals surface area contributed by atoms with Crippen molar-refractivity contribution in [3.05, 3.63) is 33.5 Å². The van der Waals surface area contributed by atoms with Crippen LogP contribution < -0.4 is 0 Å². The van der Waals surface area contributed by atoms with E-state index in [1.807, 2.05) is 6.92 Å². The summed E-state index contributed by atoms with van der Waals surface area (Å²) in [6.07, 6.45) is 1.49. The summed E-state index contributed by atoms with van der Waals surface area (Å²) in [6.45, 7) is 3.63. The third-order valence-corrected chi connectivity index (χ3v) is 2.28. The first-order valence-electron chi connectivity index (χ1n) is 4.19. The van der Waals surface area contributed by atoms with Crippen molar-refractivity contribution in [2.24, 2.45) is 0 Å². The zero-order valence-corrected chi connectivity index (χ0v) is 7.87. The number of hydrogen-bond donors (Lipinski definition) is 1. The minimum absolute atomic E-state index is 0.138. The molecule has 0 bridgehead atoms. The van der Waals surface area contributed by atoms with Gasteiger partial charge in [0.05, 0.1) is 22.0 Å². The van der Waals surface area contributed by atoms with Crippen molar-refractivity contribution in [1.82, 2.24) is 10.2 Å². The Kier molecular flexibility index (Phi) is 1.73. The Morgan fingerprint density at radius 1 is 1.43 bits per heavy atom. The summed E-state index contributed by atoms with van der Waals surface area (Å²) < 4.78 is 0. The number of nitro groups is 1. The molecule has 0 amide bonds. The van der Waals surface area contributed by atoms with Gasteiger partial charge in [-0.15, -0.1) is 0 Å². The first kappa shape index (κ1) is 8.68. The van der Waals surface area contributed by atoms with Crippen LogP contribution in [0.4, 0.5) is 5.69 Å². The largest absolute Gasteiger partial charge is 0.283 e. The lowest BCUT2D eigenvalue weighted by Gasteiger charge is -2.00. The Labute approximate surface area is 79.9 Å². The molecule has 0 saturated carbocycles. The average molecular weight is 191 g/mol. The lowest BCUT2D eigenvalue weighted by Crippen LogP contribution is -1.93. The van der Waals surface area contributed by atoms with E-state index in [9.17, 15) is 10.1 Å². The lowest BCUT2D eigenvalue weighted by molar-refractivity contribution is -0.383. The van der Waals surface area contributed by atoms with E-state index in [4.69, 9.17) is 0 Å². The van der Waals surface area contributed by atoms with Crippen LogP contribution in [0.25, 0.3) is 10.9 Å². The van der Waals surface area contributed by atoms with E-state index in [-0.39, 0.29) is 10.6 Å².